The number of phenols is 1. The number of carboxylic acid groups (broad SMARTS) is 1. The standard InChI is InChI=1S/C16H19N3O3/c1-8-12(15(21)22)13(17)19-14(18-8)10-6-5-9(7-11(10)20)16(2,3)4/h5-7,20H,1-4H3,(H,21,22)(H2,17,18,19). The number of aryl methyl sites for hydroxylation is 1. The highest BCUT2D eigenvalue weighted by atomic mass is 16.4. The molecule has 0 bridgehead atoms. The van der Waals surface area contributed by atoms with Gasteiger partial charge < -0.3 is 15.9 Å². The number of carboxylic acids is 1. The predicted molar refractivity (Wildman–Crippen MR) is 83.9 cm³/mol. The third-order valence-electron chi connectivity index (χ3n) is 3.44. The highest BCUT2D eigenvalue weighted by Gasteiger charge is 2.20. The lowest BCUT2D eigenvalue weighted by atomic mass is 9.86. The second-order valence-corrected chi connectivity index (χ2v) is 6.18. The van der Waals surface area contributed by atoms with Gasteiger partial charge in [-0.2, -0.15) is 0 Å². The van der Waals surface area contributed by atoms with Crippen LogP contribution in [-0.2, 0) is 5.41 Å². The second-order valence-electron chi connectivity index (χ2n) is 6.18. The Balaban J connectivity index is 2.56. The fraction of sp³-hybridized carbons (Fsp3) is 0.312. The van der Waals surface area contributed by atoms with Crippen molar-refractivity contribution in [2.75, 3.05) is 5.73 Å². The Hall–Kier alpha value is -2.63. The molecule has 1 aromatic heterocycles. The van der Waals surface area contributed by atoms with Crippen molar-refractivity contribution in [3.8, 4) is 17.1 Å². The summed E-state index contributed by atoms with van der Waals surface area (Å²) in [5.41, 5.74) is 7.13. The van der Waals surface area contributed by atoms with Gasteiger partial charge in [-0.1, -0.05) is 26.8 Å². The molecule has 0 atom stereocenters. The van der Waals surface area contributed by atoms with Gasteiger partial charge in [0, 0.05) is 0 Å². The van der Waals surface area contributed by atoms with E-state index in [9.17, 15) is 9.90 Å². The van der Waals surface area contributed by atoms with Gasteiger partial charge in [0.05, 0.1) is 11.3 Å². The zero-order valence-corrected chi connectivity index (χ0v) is 13.0. The predicted octanol–water partition coefficient (Wildman–Crippen LogP) is 2.74. The molecule has 1 aromatic carbocycles. The molecule has 6 heteroatoms. The molecule has 0 spiro atoms. The molecule has 6 nitrogen and oxygen atoms in total. The Morgan fingerprint density at radius 1 is 1.23 bits per heavy atom. The second kappa shape index (κ2) is 5.29. The van der Waals surface area contributed by atoms with E-state index < -0.39 is 5.97 Å². The van der Waals surface area contributed by atoms with Crippen molar-refractivity contribution >= 4 is 11.8 Å². The number of nitrogens with zero attached hydrogens (tertiary/aromatic N) is 2. The number of hydrogen-bond donors (Lipinski definition) is 3. The Morgan fingerprint density at radius 2 is 1.86 bits per heavy atom. The maximum Gasteiger partial charge on any atom is 0.341 e. The number of carbonyl (C=O) groups is 1. The molecule has 2 aromatic rings. The van der Waals surface area contributed by atoms with Crippen molar-refractivity contribution in [3.63, 3.8) is 0 Å². The van der Waals surface area contributed by atoms with E-state index in [2.05, 4.69) is 9.97 Å². The molecule has 0 amide bonds. The van der Waals surface area contributed by atoms with Gasteiger partial charge in [-0.15, -0.1) is 0 Å². The lowest BCUT2D eigenvalue weighted by Crippen LogP contribution is -2.12. The van der Waals surface area contributed by atoms with E-state index in [0.29, 0.717) is 5.56 Å². The molecule has 22 heavy (non-hydrogen) atoms. The summed E-state index contributed by atoms with van der Waals surface area (Å²) in [6.45, 7) is 7.68. The number of aromatic hydroxyl groups is 1. The van der Waals surface area contributed by atoms with Crippen LogP contribution in [0.4, 0.5) is 5.82 Å². The Bertz CT molecular complexity index is 726. The Labute approximate surface area is 128 Å². The van der Waals surface area contributed by atoms with E-state index >= 15 is 0 Å². The van der Waals surface area contributed by atoms with Crippen molar-refractivity contribution in [2.24, 2.45) is 0 Å². The Morgan fingerprint density at radius 3 is 2.32 bits per heavy atom. The molecule has 0 unspecified atom stereocenters. The lowest BCUT2D eigenvalue weighted by Gasteiger charge is -2.20. The molecule has 0 radical (unpaired) electrons. The molecule has 0 aliphatic rings. The van der Waals surface area contributed by atoms with Gasteiger partial charge in [0.1, 0.15) is 17.1 Å². The minimum Gasteiger partial charge on any atom is -0.507 e. The van der Waals surface area contributed by atoms with E-state index in [1.54, 1.807) is 19.1 Å². The van der Waals surface area contributed by atoms with Crippen LogP contribution in [0, 0.1) is 6.92 Å². The van der Waals surface area contributed by atoms with Crippen LogP contribution >= 0.6 is 0 Å². The average molecular weight is 301 g/mol. The Kier molecular flexibility index (Phi) is 3.79. The maximum atomic E-state index is 11.1. The zero-order chi connectivity index (χ0) is 16.7. The van der Waals surface area contributed by atoms with Crippen molar-refractivity contribution in [1.82, 2.24) is 9.97 Å². The van der Waals surface area contributed by atoms with Crippen molar-refractivity contribution in [3.05, 3.63) is 35.0 Å². The number of nitrogens with two attached hydrogens (primary N) is 1. The van der Waals surface area contributed by atoms with Crippen LogP contribution < -0.4 is 5.73 Å². The number of aromatic carboxylic acids is 1. The average Bonchev–Trinajstić information content (AvgIpc) is 2.35. The normalized spacial score (nSPS) is 11.5. The fourth-order valence-electron chi connectivity index (χ4n) is 2.17. The molecule has 1 heterocycles. The molecule has 2 rings (SSSR count). The number of hydrogen-bond acceptors (Lipinski definition) is 5. The van der Waals surface area contributed by atoms with Gasteiger partial charge in [-0.05, 0) is 30.0 Å². The molecular weight excluding hydrogens is 282 g/mol. The van der Waals surface area contributed by atoms with Crippen LogP contribution in [0.5, 0.6) is 5.75 Å². The van der Waals surface area contributed by atoms with Crippen LogP contribution in [0.25, 0.3) is 11.4 Å². The molecule has 116 valence electrons. The summed E-state index contributed by atoms with van der Waals surface area (Å²) in [6, 6.07) is 5.26. The van der Waals surface area contributed by atoms with E-state index in [-0.39, 0.29) is 34.1 Å². The summed E-state index contributed by atoms with van der Waals surface area (Å²) in [5, 5.41) is 19.3. The molecular formula is C16H19N3O3. The van der Waals surface area contributed by atoms with Crippen LogP contribution in [-0.4, -0.2) is 26.2 Å². The van der Waals surface area contributed by atoms with Crippen LogP contribution in [0.1, 0.15) is 42.4 Å². The minimum absolute atomic E-state index is 0.0364. The maximum absolute atomic E-state index is 11.1. The smallest absolute Gasteiger partial charge is 0.341 e. The molecule has 0 fully saturated rings. The van der Waals surface area contributed by atoms with Gasteiger partial charge in [0.15, 0.2) is 5.82 Å². The first kappa shape index (κ1) is 15.8. The third-order valence-corrected chi connectivity index (χ3v) is 3.44. The molecule has 0 aliphatic heterocycles. The first-order valence-electron chi connectivity index (χ1n) is 6.82. The molecule has 0 saturated carbocycles. The van der Waals surface area contributed by atoms with E-state index in [1.807, 2.05) is 26.8 Å². The van der Waals surface area contributed by atoms with Crippen molar-refractivity contribution in [2.45, 2.75) is 33.1 Å². The monoisotopic (exact) mass is 301 g/mol. The van der Waals surface area contributed by atoms with Gasteiger partial charge >= 0.3 is 5.97 Å². The SMILES string of the molecule is Cc1nc(-c2ccc(C(C)(C)C)cc2O)nc(N)c1C(=O)O. The summed E-state index contributed by atoms with van der Waals surface area (Å²) in [5.74, 6) is -1.05. The lowest BCUT2D eigenvalue weighted by molar-refractivity contribution is 0.0696. The number of rotatable bonds is 2. The van der Waals surface area contributed by atoms with Gasteiger partial charge in [0.2, 0.25) is 0 Å². The van der Waals surface area contributed by atoms with Gasteiger partial charge in [0.25, 0.3) is 0 Å². The number of benzene rings is 1. The highest BCUT2D eigenvalue weighted by molar-refractivity contribution is 5.94. The summed E-state index contributed by atoms with van der Waals surface area (Å²) in [4.78, 5) is 19.3. The van der Waals surface area contributed by atoms with Crippen LogP contribution in [0.2, 0.25) is 0 Å². The first-order chi connectivity index (χ1) is 10.1. The van der Waals surface area contributed by atoms with Crippen molar-refractivity contribution in [1.29, 1.82) is 0 Å². The number of phenolic OH excluding ortho intramolecular Hbond substituents is 1. The summed E-state index contributed by atoms with van der Waals surface area (Å²) < 4.78 is 0. The van der Waals surface area contributed by atoms with Crippen LogP contribution in [0.15, 0.2) is 18.2 Å². The quantitative estimate of drug-likeness (QED) is 0.786. The number of nitrogen functional groups attached to an aromatic ring is 1. The highest BCUT2D eigenvalue weighted by Crippen LogP contribution is 2.33. The molecule has 4 N–H and O–H groups in total. The van der Waals surface area contributed by atoms with Gasteiger partial charge in [-0.3, -0.25) is 0 Å². The fourth-order valence-corrected chi connectivity index (χ4v) is 2.17. The van der Waals surface area contributed by atoms with Gasteiger partial charge in [-0.25, -0.2) is 14.8 Å². The van der Waals surface area contributed by atoms with Crippen molar-refractivity contribution < 1.29 is 15.0 Å². The zero-order valence-electron chi connectivity index (χ0n) is 13.0. The largest absolute Gasteiger partial charge is 0.507 e. The van der Waals surface area contributed by atoms with E-state index in [0.717, 1.165) is 5.56 Å². The van der Waals surface area contributed by atoms with E-state index in [1.165, 1.54) is 0 Å². The molecule has 0 aliphatic carbocycles. The minimum atomic E-state index is -1.17. The summed E-state index contributed by atoms with van der Waals surface area (Å²) in [7, 11) is 0. The van der Waals surface area contributed by atoms with Crippen LogP contribution in [0.3, 0.4) is 0 Å². The topological polar surface area (TPSA) is 109 Å². The summed E-state index contributed by atoms with van der Waals surface area (Å²) >= 11 is 0. The number of anilines is 1. The molecule has 0 saturated heterocycles. The van der Waals surface area contributed by atoms with E-state index in [4.69, 9.17) is 10.8 Å². The summed E-state index contributed by atoms with van der Waals surface area (Å²) in [6.07, 6.45) is 0. The third kappa shape index (κ3) is 2.86. The first-order valence-corrected chi connectivity index (χ1v) is 6.82. The number of aromatic nitrogens is 2.